The number of nitrogens with zero attached hydrogens (tertiary/aromatic N) is 1. The van der Waals surface area contributed by atoms with Gasteiger partial charge in [-0.25, -0.2) is 0 Å². The quantitative estimate of drug-likeness (QED) is 0.626. The molecule has 12 heavy (non-hydrogen) atoms. The molecule has 0 spiro atoms. The number of nitrogen functional groups attached to an aromatic ring is 1. The van der Waals surface area contributed by atoms with Gasteiger partial charge in [-0.1, -0.05) is 13.8 Å². The third kappa shape index (κ3) is 2.70. The van der Waals surface area contributed by atoms with Gasteiger partial charge < -0.3 is 11.1 Å². The average molecular weight is 165 g/mol. The highest BCUT2D eigenvalue weighted by atomic mass is 14.7. The summed E-state index contributed by atoms with van der Waals surface area (Å²) in [5, 5.41) is 7.27. The smallest absolute Gasteiger partial charge is 0.0592 e. The van der Waals surface area contributed by atoms with Crippen LogP contribution in [0.25, 0.3) is 0 Å². The Balaban J connectivity index is 0.000000561. The van der Waals surface area contributed by atoms with E-state index in [-0.39, 0.29) is 0 Å². The summed E-state index contributed by atoms with van der Waals surface area (Å²) in [7, 11) is 0. The van der Waals surface area contributed by atoms with Crippen LogP contribution >= 0.6 is 0 Å². The predicted octanol–water partition coefficient (Wildman–Crippen LogP) is 2.08. The van der Waals surface area contributed by atoms with Crippen molar-refractivity contribution in [2.45, 2.75) is 20.8 Å². The molecule has 0 fully saturated rings. The fourth-order valence-corrected chi connectivity index (χ4v) is 0.748. The molecule has 0 unspecified atom stereocenters. The molecule has 0 aliphatic rings. The molecule has 1 rings (SSSR count). The van der Waals surface area contributed by atoms with E-state index >= 15 is 0 Å². The maximum absolute atomic E-state index is 7.27. The van der Waals surface area contributed by atoms with E-state index in [2.05, 4.69) is 4.98 Å². The van der Waals surface area contributed by atoms with Crippen molar-refractivity contribution in [3.8, 4) is 0 Å². The highest BCUT2D eigenvalue weighted by molar-refractivity contribution is 6.00. The molecule has 0 bridgehead atoms. The zero-order valence-electron chi connectivity index (χ0n) is 7.76. The normalized spacial score (nSPS) is 8.25. The lowest BCUT2D eigenvalue weighted by Crippen LogP contribution is -1.99. The number of aromatic nitrogens is 1. The molecule has 1 aromatic rings. The van der Waals surface area contributed by atoms with Gasteiger partial charge in [0.2, 0.25) is 0 Å². The third-order valence-electron chi connectivity index (χ3n) is 1.26. The SMILES string of the molecule is CC.CC(=N)c1ccncc1N. The molecule has 0 saturated heterocycles. The first-order chi connectivity index (χ1) is 5.72. The molecule has 0 aliphatic heterocycles. The van der Waals surface area contributed by atoms with E-state index in [9.17, 15) is 0 Å². The van der Waals surface area contributed by atoms with Crippen LogP contribution in [0.1, 0.15) is 26.3 Å². The molecule has 0 atom stereocenters. The topological polar surface area (TPSA) is 62.8 Å². The maximum atomic E-state index is 7.27. The molecular weight excluding hydrogens is 150 g/mol. The lowest BCUT2D eigenvalue weighted by molar-refractivity contribution is 1.31. The number of nitrogens with one attached hydrogen (secondary N) is 1. The second kappa shape index (κ2) is 5.29. The minimum atomic E-state index is 0.472. The van der Waals surface area contributed by atoms with Gasteiger partial charge in [0.25, 0.3) is 0 Å². The Kier molecular flexibility index (Phi) is 4.69. The van der Waals surface area contributed by atoms with Crippen molar-refractivity contribution in [3.63, 3.8) is 0 Å². The summed E-state index contributed by atoms with van der Waals surface area (Å²) in [5.41, 5.74) is 7.31. The van der Waals surface area contributed by atoms with Crippen LogP contribution in [0.5, 0.6) is 0 Å². The Bertz CT molecular complexity index is 256. The zero-order valence-corrected chi connectivity index (χ0v) is 7.76. The average Bonchev–Trinajstić information content (AvgIpc) is 2.08. The number of hydrogen-bond acceptors (Lipinski definition) is 3. The molecule has 1 heterocycles. The van der Waals surface area contributed by atoms with E-state index < -0.39 is 0 Å². The third-order valence-corrected chi connectivity index (χ3v) is 1.26. The molecule has 0 saturated carbocycles. The summed E-state index contributed by atoms with van der Waals surface area (Å²) in [5.74, 6) is 0. The van der Waals surface area contributed by atoms with Crippen LogP contribution in [0.15, 0.2) is 18.5 Å². The molecule has 0 aliphatic carbocycles. The first-order valence-electron chi connectivity index (χ1n) is 3.97. The Labute approximate surface area is 73.1 Å². The minimum absolute atomic E-state index is 0.472. The first-order valence-corrected chi connectivity index (χ1v) is 3.97. The number of anilines is 1. The van der Waals surface area contributed by atoms with Crippen molar-refractivity contribution in [3.05, 3.63) is 24.0 Å². The lowest BCUT2D eigenvalue weighted by atomic mass is 10.1. The second-order valence-electron chi connectivity index (χ2n) is 2.09. The number of pyridine rings is 1. The van der Waals surface area contributed by atoms with E-state index in [0.29, 0.717) is 11.4 Å². The van der Waals surface area contributed by atoms with Crippen molar-refractivity contribution in [1.82, 2.24) is 4.98 Å². The standard InChI is InChI=1S/C7H9N3.C2H6/c1-5(8)6-2-3-10-4-7(6)9;1-2/h2-4,8H,9H2,1H3;1-2H3. The predicted molar refractivity (Wildman–Crippen MR) is 52.5 cm³/mol. The zero-order chi connectivity index (χ0) is 9.56. The summed E-state index contributed by atoms with van der Waals surface area (Å²) < 4.78 is 0. The van der Waals surface area contributed by atoms with Gasteiger partial charge in [0.05, 0.1) is 11.9 Å². The Morgan fingerprint density at radius 1 is 1.50 bits per heavy atom. The molecule has 66 valence electrons. The molecule has 0 amide bonds. The van der Waals surface area contributed by atoms with E-state index in [1.165, 1.54) is 0 Å². The van der Waals surface area contributed by atoms with Crippen molar-refractivity contribution < 1.29 is 0 Å². The van der Waals surface area contributed by atoms with Gasteiger partial charge in [0.15, 0.2) is 0 Å². The van der Waals surface area contributed by atoms with Crippen LogP contribution in [0, 0.1) is 5.41 Å². The largest absolute Gasteiger partial charge is 0.397 e. The molecule has 3 nitrogen and oxygen atoms in total. The summed E-state index contributed by atoms with van der Waals surface area (Å²) in [6.07, 6.45) is 3.18. The number of nitrogens with two attached hydrogens (primary N) is 1. The van der Waals surface area contributed by atoms with Gasteiger partial charge in [-0.2, -0.15) is 0 Å². The van der Waals surface area contributed by atoms with Crippen molar-refractivity contribution in [2.24, 2.45) is 0 Å². The lowest BCUT2D eigenvalue weighted by Gasteiger charge is -1.99. The van der Waals surface area contributed by atoms with E-state index in [4.69, 9.17) is 11.1 Å². The summed E-state index contributed by atoms with van der Waals surface area (Å²) in [6.45, 7) is 5.70. The van der Waals surface area contributed by atoms with Gasteiger partial charge >= 0.3 is 0 Å². The van der Waals surface area contributed by atoms with E-state index in [1.807, 2.05) is 13.8 Å². The Morgan fingerprint density at radius 3 is 2.42 bits per heavy atom. The van der Waals surface area contributed by atoms with Crippen LogP contribution in [-0.2, 0) is 0 Å². The number of rotatable bonds is 1. The first kappa shape index (κ1) is 10.6. The van der Waals surface area contributed by atoms with Crippen LogP contribution in [0.2, 0.25) is 0 Å². The van der Waals surface area contributed by atoms with Gasteiger partial charge in [0.1, 0.15) is 0 Å². The fraction of sp³-hybridized carbons (Fsp3) is 0.333. The van der Waals surface area contributed by atoms with Crippen molar-refractivity contribution in [2.75, 3.05) is 5.73 Å². The van der Waals surface area contributed by atoms with Crippen molar-refractivity contribution in [1.29, 1.82) is 5.41 Å². The van der Waals surface area contributed by atoms with Gasteiger partial charge in [-0.15, -0.1) is 0 Å². The molecule has 1 aromatic heterocycles. The van der Waals surface area contributed by atoms with Crippen LogP contribution in [-0.4, -0.2) is 10.7 Å². The molecule has 0 aromatic carbocycles. The Hall–Kier alpha value is -1.38. The molecule has 3 heteroatoms. The molecule has 3 N–H and O–H groups in total. The Morgan fingerprint density at radius 2 is 2.08 bits per heavy atom. The second-order valence-corrected chi connectivity index (χ2v) is 2.09. The summed E-state index contributed by atoms with van der Waals surface area (Å²) in [4.78, 5) is 3.81. The van der Waals surface area contributed by atoms with Crippen molar-refractivity contribution >= 4 is 11.4 Å². The maximum Gasteiger partial charge on any atom is 0.0592 e. The van der Waals surface area contributed by atoms with Gasteiger partial charge in [-0.05, 0) is 13.0 Å². The van der Waals surface area contributed by atoms with Crippen LogP contribution < -0.4 is 5.73 Å². The van der Waals surface area contributed by atoms with Gasteiger partial charge in [0, 0.05) is 17.5 Å². The summed E-state index contributed by atoms with van der Waals surface area (Å²) in [6, 6.07) is 1.73. The minimum Gasteiger partial charge on any atom is -0.397 e. The van der Waals surface area contributed by atoms with Crippen LogP contribution in [0.4, 0.5) is 5.69 Å². The fourth-order valence-electron chi connectivity index (χ4n) is 0.748. The van der Waals surface area contributed by atoms with Gasteiger partial charge in [-0.3, -0.25) is 4.98 Å². The van der Waals surface area contributed by atoms with Crippen LogP contribution in [0.3, 0.4) is 0 Å². The highest BCUT2D eigenvalue weighted by Gasteiger charge is 1.97. The highest BCUT2D eigenvalue weighted by Crippen LogP contribution is 2.07. The molecule has 0 radical (unpaired) electrons. The summed E-state index contributed by atoms with van der Waals surface area (Å²) >= 11 is 0. The monoisotopic (exact) mass is 165 g/mol. The number of hydrogen-bond donors (Lipinski definition) is 2. The molecular formula is C9H15N3. The van der Waals surface area contributed by atoms with E-state index in [0.717, 1.165) is 5.56 Å². The van der Waals surface area contributed by atoms with E-state index in [1.54, 1.807) is 25.4 Å².